The van der Waals surface area contributed by atoms with Crippen LogP contribution in [0.4, 0.5) is 0 Å². The van der Waals surface area contributed by atoms with Gasteiger partial charge in [0.1, 0.15) is 0 Å². The summed E-state index contributed by atoms with van der Waals surface area (Å²) in [5, 5.41) is 3.57. The van der Waals surface area contributed by atoms with E-state index in [2.05, 4.69) is 31.3 Å². The van der Waals surface area contributed by atoms with E-state index in [4.69, 9.17) is 0 Å². The molecule has 1 N–H and O–H groups in total. The Hall–Kier alpha value is -0.430. The fourth-order valence-corrected chi connectivity index (χ4v) is 4.79. The van der Waals surface area contributed by atoms with Crippen molar-refractivity contribution >= 4 is 21.4 Å². The highest BCUT2D eigenvalue weighted by molar-refractivity contribution is 7.88. The lowest BCUT2D eigenvalue weighted by molar-refractivity contribution is 0.256. The molecule has 0 bridgehead atoms. The van der Waals surface area contributed by atoms with E-state index in [1.54, 1.807) is 4.31 Å². The van der Waals surface area contributed by atoms with Crippen LogP contribution in [0.5, 0.6) is 0 Å². The van der Waals surface area contributed by atoms with Crippen molar-refractivity contribution in [2.24, 2.45) is 5.92 Å². The van der Waals surface area contributed by atoms with Crippen LogP contribution in [-0.2, 0) is 16.4 Å². The summed E-state index contributed by atoms with van der Waals surface area (Å²) < 4.78 is 24.9. The summed E-state index contributed by atoms with van der Waals surface area (Å²) in [5.74, 6) is 0.431. The third-order valence-corrected chi connectivity index (χ3v) is 6.30. The number of hydrogen-bond acceptors (Lipinski definition) is 4. The molecule has 1 fully saturated rings. The molecule has 4 nitrogen and oxygen atoms in total. The van der Waals surface area contributed by atoms with E-state index in [1.165, 1.54) is 16.0 Å². The normalized spacial score (nSPS) is 22.3. The minimum absolute atomic E-state index is 0.427. The van der Waals surface area contributed by atoms with Crippen LogP contribution in [0.2, 0.25) is 0 Å². The van der Waals surface area contributed by atoms with E-state index in [0.29, 0.717) is 25.0 Å². The standard InChI is InChI=1S/C15H26N2O2S2/c1-12(9-15-7-6-13(2)20-15)16-10-14-5-4-8-17(11-14)21(3,18)19/h6-7,12,14,16H,4-5,8-11H2,1-3H3. The lowest BCUT2D eigenvalue weighted by Gasteiger charge is -2.31. The van der Waals surface area contributed by atoms with E-state index >= 15 is 0 Å². The van der Waals surface area contributed by atoms with Crippen molar-refractivity contribution in [1.29, 1.82) is 0 Å². The highest BCUT2D eigenvalue weighted by atomic mass is 32.2. The molecule has 2 unspecified atom stereocenters. The molecule has 0 saturated carbocycles. The van der Waals surface area contributed by atoms with Gasteiger partial charge in [0.2, 0.25) is 10.0 Å². The molecule has 1 aromatic heterocycles. The molecule has 21 heavy (non-hydrogen) atoms. The number of nitrogens with zero attached hydrogens (tertiary/aromatic N) is 1. The fraction of sp³-hybridized carbons (Fsp3) is 0.733. The van der Waals surface area contributed by atoms with Gasteiger partial charge < -0.3 is 5.32 Å². The molecule has 2 rings (SSSR count). The first-order valence-electron chi connectivity index (χ1n) is 7.58. The first kappa shape index (κ1) is 16.9. The van der Waals surface area contributed by atoms with Gasteiger partial charge in [0.25, 0.3) is 0 Å². The number of hydrogen-bond donors (Lipinski definition) is 1. The van der Waals surface area contributed by atoms with Gasteiger partial charge in [-0.3, -0.25) is 0 Å². The largest absolute Gasteiger partial charge is 0.314 e. The van der Waals surface area contributed by atoms with Crippen molar-refractivity contribution in [1.82, 2.24) is 9.62 Å². The minimum atomic E-state index is -3.04. The number of piperidine rings is 1. The van der Waals surface area contributed by atoms with Crippen LogP contribution < -0.4 is 5.32 Å². The van der Waals surface area contributed by atoms with Crippen LogP contribution >= 0.6 is 11.3 Å². The van der Waals surface area contributed by atoms with Crippen LogP contribution in [-0.4, -0.2) is 44.7 Å². The third-order valence-electron chi connectivity index (χ3n) is 4.01. The van der Waals surface area contributed by atoms with Gasteiger partial charge in [0, 0.05) is 28.9 Å². The maximum absolute atomic E-state index is 11.6. The first-order chi connectivity index (χ1) is 9.84. The van der Waals surface area contributed by atoms with Crippen molar-refractivity contribution < 1.29 is 8.42 Å². The SMILES string of the molecule is Cc1ccc(CC(C)NCC2CCCN(S(C)(=O)=O)C2)s1. The number of sulfonamides is 1. The van der Waals surface area contributed by atoms with Crippen molar-refractivity contribution in [3.8, 4) is 0 Å². The van der Waals surface area contributed by atoms with E-state index in [9.17, 15) is 8.42 Å². The number of aryl methyl sites for hydroxylation is 1. The third kappa shape index (κ3) is 5.36. The quantitative estimate of drug-likeness (QED) is 0.870. The zero-order valence-corrected chi connectivity index (χ0v) is 14.8. The molecule has 0 aliphatic carbocycles. The van der Waals surface area contributed by atoms with Gasteiger partial charge in [-0.25, -0.2) is 12.7 Å². The molecule has 0 aromatic carbocycles. The van der Waals surface area contributed by atoms with Crippen molar-refractivity contribution in [2.45, 2.75) is 39.2 Å². The Morgan fingerprint density at radius 3 is 2.86 bits per heavy atom. The second-order valence-electron chi connectivity index (χ2n) is 6.16. The summed E-state index contributed by atoms with van der Waals surface area (Å²) in [6, 6.07) is 4.79. The fourth-order valence-electron chi connectivity index (χ4n) is 2.83. The van der Waals surface area contributed by atoms with Crippen LogP contribution in [0.25, 0.3) is 0 Å². The summed E-state index contributed by atoms with van der Waals surface area (Å²) in [4.78, 5) is 2.77. The van der Waals surface area contributed by atoms with Gasteiger partial charge in [0.15, 0.2) is 0 Å². The van der Waals surface area contributed by atoms with E-state index in [1.807, 2.05) is 11.3 Å². The average molecular weight is 331 g/mol. The van der Waals surface area contributed by atoms with Gasteiger partial charge in [-0.1, -0.05) is 0 Å². The van der Waals surface area contributed by atoms with E-state index in [-0.39, 0.29) is 0 Å². The monoisotopic (exact) mass is 330 g/mol. The lowest BCUT2D eigenvalue weighted by Crippen LogP contribution is -2.43. The maximum atomic E-state index is 11.6. The van der Waals surface area contributed by atoms with E-state index in [0.717, 1.165) is 25.8 Å². The summed E-state index contributed by atoms with van der Waals surface area (Å²) >= 11 is 1.85. The van der Waals surface area contributed by atoms with Crippen molar-refractivity contribution in [2.75, 3.05) is 25.9 Å². The molecule has 0 spiro atoms. The van der Waals surface area contributed by atoms with Gasteiger partial charge in [-0.15, -0.1) is 11.3 Å². The molecule has 0 amide bonds. The van der Waals surface area contributed by atoms with Crippen molar-refractivity contribution in [3.63, 3.8) is 0 Å². The van der Waals surface area contributed by atoms with Crippen LogP contribution in [0.15, 0.2) is 12.1 Å². The summed E-state index contributed by atoms with van der Waals surface area (Å²) in [5.41, 5.74) is 0. The molecule has 2 heterocycles. The molecular formula is C15H26N2O2S2. The Bertz CT molecular complexity index is 554. The Kier molecular flexibility index (Phi) is 5.82. The molecule has 1 saturated heterocycles. The lowest BCUT2D eigenvalue weighted by atomic mass is 9.99. The van der Waals surface area contributed by atoms with Crippen LogP contribution in [0.3, 0.4) is 0 Å². The predicted molar refractivity (Wildman–Crippen MR) is 89.4 cm³/mol. The molecule has 1 aromatic rings. The summed E-state index contributed by atoms with van der Waals surface area (Å²) in [6.07, 6.45) is 4.44. The number of rotatable bonds is 6. The zero-order chi connectivity index (χ0) is 15.5. The Labute approximate surface area is 132 Å². The second-order valence-corrected chi connectivity index (χ2v) is 9.51. The molecule has 1 aliphatic heterocycles. The second kappa shape index (κ2) is 7.22. The average Bonchev–Trinajstić information content (AvgIpc) is 2.81. The van der Waals surface area contributed by atoms with Crippen LogP contribution in [0.1, 0.15) is 29.5 Å². The molecule has 2 atom stereocenters. The molecule has 1 aliphatic rings. The van der Waals surface area contributed by atoms with Gasteiger partial charge in [0.05, 0.1) is 6.26 Å². The highest BCUT2D eigenvalue weighted by Gasteiger charge is 2.25. The smallest absolute Gasteiger partial charge is 0.211 e. The zero-order valence-electron chi connectivity index (χ0n) is 13.1. The minimum Gasteiger partial charge on any atom is -0.314 e. The molecule has 6 heteroatoms. The number of nitrogens with one attached hydrogen (secondary N) is 1. The number of thiophene rings is 1. The Balaban J connectivity index is 1.77. The van der Waals surface area contributed by atoms with Crippen molar-refractivity contribution in [3.05, 3.63) is 21.9 Å². The Morgan fingerprint density at radius 1 is 1.48 bits per heavy atom. The van der Waals surface area contributed by atoms with Crippen LogP contribution in [0, 0.1) is 12.8 Å². The van der Waals surface area contributed by atoms with Gasteiger partial charge >= 0.3 is 0 Å². The molecule has 0 radical (unpaired) electrons. The predicted octanol–water partition coefficient (Wildman–Crippen LogP) is 2.25. The summed E-state index contributed by atoms with van der Waals surface area (Å²) in [6.45, 7) is 6.58. The molecular weight excluding hydrogens is 304 g/mol. The topological polar surface area (TPSA) is 49.4 Å². The van der Waals surface area contributed by atoms with E-state index < -0.39 is 10.0 Å². The molecule has 120 valence electrons. The summed E-state index contributed by atoms with van der Waals surface area (Å²) in [7, 11) is -3.04. The Morgan fingerprint density at radius 2 is 2.24 bits per heavy atom. The van der Waals surface area contributed by atoms with Gasteiger partial charge in [-0.2, -0.15) is 0 Å². The highest BCUT2D eigenvalue weighted by Crippen LogP contribution is 2.19. The maximum Gasteiger partial charge on any atom is 0.211 e. The first-order valence-corrected chi connectivity index (χ1v) is 10.2. The van der Waals surface area contributed by atoms with Gasteiger partial charge in [-0.05, 0) is 57.7 Å².